The predicted molar refractivity (Wildman–Crippen MR) is 256 cm³/mol. The van der Waals surface area contributed by atoms with Gasteiger partial charge in [-0.15, -0.1) is 0 Å². The Morgan fingerprint density at radius 1 is 0.691 bits per heavy atom. The van der Waals surface area contributed by atoms with Crippen molar-refractivity contribution in [1.29, 1.82) is 0 Å². The second kappa shape index (κ2) is 26.9. The summed E-state index contributed by atoms with van der Waals surface area (Å²) in [6.07, 6.45) is 0.810. The molecule has 8 N–H and O–H groups in total. The summed E-state index contributed by atoms with van der Waals surface area (Å²) in [7, 11) is -1.67. The predicted octanol–water partition coefficient (Wildman–Crippen LogP) is 3.20. The Bertz CT molecular complexity index is 2120. The third kappa shape index (κ3) is 17.7. The smallest absolute Gasteiger partial charge is 0.599 e. The summed E-state index contributed by atoms with van der Waals surface area (Å²) >= 11 is 23.7. The van der Waals surface area contributed by atoms with E-state index in [4.69, 9.17) is 65.9 Å². The number of carboxylic acid groups (broad SMARTS) is 2. The molecule has 26 heteroatoms. The molecule has 0 saturated carbocycles. The molecular weight excluding hydrogens is 976 g/mol. The molecule has 4 rings (SSSR count). The number of rotatable bonds is 20. The lowest BCUT2D eigenvalue weighted by Crippen LogP contribution is -2.75. The van der Waals surface area contributed by atoms with Crippen molar-refractivity contribution in [2.75, 3.05) is 39.3 Å². The maximum Gasteiger partial charge on any atom is 0.605 e. The quantitative estimate of drug-likeness (QED) is 0.0885. The Hall–Kier alpha value is -4.67. The highest BCUT2D eigenvalue weighted by Crippen LogP contribution is 2.41. The highest BCUT2D eigenvalue weighted by atomic mass is 35.5. The third-order valence-corrected chi connectivity index (χ3v) is 11.9. The average molecular weight is 1040 g/mol. The molecule has 2 aliphatic heterocycles. The molecule has 68 heavy (non-hydrogen) atoms. The highest BCUT2D eigenvalue weighted by Gasteiger charge is 2.71. The van der Waals surface area contributed by atoms with Crippen molar-refractivity contribution >= 4 is 108 Å². The minimum absolute atomic E-state index is 0.00211. The maximum absolute atomic E-state index is 12.8. The van der Waals surface area contributed by atoms with Crippen LogP contribution in [0.25, 0.3) is 0 Å². The highest BCUT2D eigenvalue weighted by molar-refractivity contribution is 6.68. The molecule has 0 aromatic heterocycles. The van der Waals surface area contributed by atoms with Crippen LogP contribution in [-0.4, -0.2) is 154 Å². The van der Waals surface area contributed by atoms with Crippen molar-refractivity contribution in [1.82, 2.24) is 26.2 Å². The Balaban J connectivity index is 0.000000393. The van der Waals surface area contributed by atoms with Gasteiger partial charge in [-0.3, -0.25) is 43.3 Å². The molecule has 4 amide bonds. The number of benzene rings is 2. The normalized spacial score (nSPS) is 18.0. The van der Waals surface area contributed by atoms with Crippen molar-refractivity contribution in [2.24, 2.45) is 11.8 Å². The average Bonchev–Trinajstić information content (AvgIpc) is 3.67. The number of nitrogens with one attached hydrogen (secondary N) is 4. The van der Waals surface area contributed by atoms with Gasteiger partial charge in [-0.05, 0) is 88.8 Å². The molecule has 0 bridgehead atoms. The molecule has 2 aliphatic rings. The first-order valence-electron chi connectivity index (χ1n) is 21.6. The van der Waals surface area contributed by atoms with Crippen LogP contribution in [0.1, 0.15) is 88.9 Å². The van der Waals surface area contributed by atoms with E-state index in [0.717, 1.165) is 0 Å². The molecule has 0 unspecified atom stereocenters. The van der Waals surface area contributed by atoms with E-state index in [-0.39, 0.29) is 88.8 Å². The zero-order valence-corrected chi connectivity index (χ0v) is 42.0. The summed E-state index contributed by atoms with van der Waals surface area (Å²) in [6.45, 7) is 11.3. The SMILES string of the molecule is CC(C)C[C@H](NC(=O)CNC(=O)c1cc(Cl)ccc1Cl)B(O)O.CC(C)C[C@H](NC(=O)CNC(=O)c1cc(Cl)ccc1Cl)[B-]12OC(=O)C[N+]1(C(C)C)CC(=O)O2.CC(C)N(CC(=O)O)CC(=O)O. The summed E-state index contributed by atoms with van der Waals surface area (Å²) in [4.78, 5) is 95.8. The van der Waals surface area contributed by atoms with Gasteiger partial charge in [0.05, 0.1) is 59.2 Å². The van der Waals surface area contributed by atoms with Crippen LogP contribution in [0.4, 0.5) is 0 Å². The number of carboxylic acids is 2. The number of fused-ring (bicyclic) bond motifs is 1. The third-order valence-electron chi connectivity index (χ3n) is 10.8. The van der Waals surface area contributed by atoms with Crippen LogP contribution in [0.2, 0.25) is 20.1 Å². The Morgan fingerprint density at radius 3 is 1.46 bits per heavy atom. The van der Waals surface area contributed by atoms with Gasteiger partial charge >= 0.3 is 37.7 Å². The first-order valence-corrected chi connectivity index (χ1v) is 23.1. The fourth-order valence-electron chi connectivity index (χ4n) is 7.53. The number of quaternary nitrogens is 1. The second-order valence-corrected chi connectivity index (χ2v) is 19.3. The van der Waals surface area contributed by atoms with Crippen LogP contribution < -0.4 is 21.3 Å². The molecule has 0 aliphatic carbocycles. The lowest BCUT2D eigenvalue weighted by Gasteiger charge is -2.50. The number of hydrogen-bond donors (Lipinski definition) is 8. The van der Waals surface area contributed by atoms with Gasteiger partial charge in [0.15, 0.2) is 0 Å². The van der Waals surface area contributed by atoms with Crippen molar-refractivity contribution in [2.45, 2.75) is 92.2 Å². The fourth-order valence-corrected chi connectivity index (χ4v) is 8.28. The Morgan fingerprint density at radius 2 is 1.10 bits per heavy atom. The van der Waals surface area contributed by atoms with E-state index in [2.05, 4.69) is 21.3 Å². The van der Waals surface area contributed by atoms with E-state index in [1.165, 1.54) is 29.2 Å². The molecular formula is C42H60B2Cl4N6O14. The fraction of sp³-hybridized carbons (Fsp3) is 0.524. The molecule has 2 fully saturated rings. The lowest BCUT2D eigenvalue weighted by atomic mass is 9.56. The summed E-state index contributed by atoms with van der Waals surface area (Å²) in [6, 6.07) is 8.66. The topological polar surface area (TPSA) is 287 Å². The minimum Gasteiger partial charge on any atom is -0.599 e. The van der Waals surface area contributed by atoms with Crippen LogP contribution in [0.3, 0.4) is 0 Å². The Labute approximate surface area is 415 Å². The minimum atomic E-state index is -2.52. The van der Waals surface area contributed by atoms with E-state index < -0.39 is 73.2 Å². The molecule has 2 aromatic rings. The summed E-state index contributed by atoms with van der Waals surface area (Å²) < 4.78 is 11.4. The lowest BCUT2D eigenvalue weighted by molar-refractivity contribution is -0.839. The standard InChI is InChI=1S/C21H28BCl2N3O6.C14H19BCl2N2O4.C7H13NO4/c1-12(2)7-17(22-27(13(3)4,10-19(29)32-22)11-20(30)33-22)26-18(28)9-25-21(31)15-8-14(23)5-6-16(15)24;1-8(2)5-12(15(22)23)19-13(20)7-18-14(21)10-6-9(16)3-4-11(10)17;1-5(2)8(3-6(9)10)4-7(11)12/h5-6,8,12-13,17H,7,9-11H2,1-4H3,(H,25,31)(H,26,28);3-4,6,8,12,22-23H,5,7H2,1-2H3,(H,18,21)(H,19,20);5H,3-4H2,1-2H3,(H,9,10)(H,11,12)/t17-,22?,27?;12-;/m00./s1. The first kappa shape index (κ1) is 59.5. The number of halogens is 4. The van der Waals surface area contributed by atoms with Gasteiger partial charge in [-0.1, -0.05) is 74.1 Å². The van der Waals surface area contributed by atoms with Gasteiger partial charge in [0, 0.05) is 22.1 Å². The number of carbonyl (C=O) groups is 8. The molecule has 0 radical (unpaired) electrons. The van der Waals surface area contributed by atoms with E-state index in [0.29, 0.717) is 22.9 Å². The molecule has 376 valence electrons. The van der Waals surface area contributed by atoms with Gasteiger partial charge in [-0.25, -0.2) is 0 Å². The molecule has 20 nitrogen and oxygen atoms in total. The number of aliphatic carboxylic acids is 2. The number of carbonyl (C=O) groups excluding carboxylic acids is 6. The monoisotopic (exact) mass is 1030 g/mol. The van der Waals surface area contributed by atoms with Gasteiger partial charge < -0.3 is 55.2 Å². The summed E-state index contributed by atoms with van der Waals surface area (Å²) in [5, 5.41) is 46.7. The van der Waals surface area contributed by atoms with Crippen molar-refractivity contribution in [3.05, 3.63) is 67.6 Å². The maximum atomic E-state index is 12.8. The first-order chi connectivity index (χ1) is 31.5. The van der Waals surface area contributed by atoms with Crippen molar-refractivity contribution in [3.8, 4) is 0 Å². The van der Waals surface area contributed by atoms with Crippen LogP contribution in [0, 0.1) is 11.8 Å². The van der Waals surface area contributed by atoms with Gasteiger partial charge in [0.1, 0.15) is 13.1 Å². The zero-order valence-electron chi connectivity index (χ0n) is 39.0. The van der Waals surface area contributed by atoms with E-state index in [1.54, 1.807) is 26.0 Å². The van der Waals surface area contributed by atoms with Gasteiger partial charge in [0.25, 0.3) is 11.8 Å². The molecule has 0 spiro atoms. The summed E-state index contributed by atoms with van der Waals surface area (Å²) in [5.41, 5.74) is 0.302. The molecule has 2 atom stereocenters. The number of nitrogens with zero attached hydrogens (tertiary/aromatic N) is 2. The van der Waals surface area contributed by atoms with Crippen molar-refractivity contribution < 1.29 is 72.3 Å². The summed E-state index contributed by atoms with van der Waals surface area (Å²) in [5.74, 6) is -6.39. The largest absolute Gasteiger partial charge is 0.605 e. The van der Waals surface area contributed by atoms with E-state index in [9.17, 15) is 48.4 Å². The van der Waals surface area contributed by atoms with E-state index >= 15 is 0 Å². The van der Waals surface area contributed by atoms with Crippen LogP contribution >= 0.6 is 46.4 Å². The zero-order chi connectivity index (χ0) is 51.8. The van der Waals surface area contributed by atoms with Crippen LogP contribution in [0.15, 0.2) is 36.4 Å². The second-order valence-electron chi connectivity index (χ2n) is 17.6. The molecule has 2 saturated heterocycles. The van der Waals surface area contributed by atoms with Gasteiger partial charge in [-0.2, -0.15) is 0 Å². The van der Waals surface area contributed by atoms with Gasteiger partial charge in [0.2, 0.25) is 11.8 Å². The van der Waals surface area contributed by atoms with Crippen LogP contribution in [-0.2, 0) is 38.1 Å². The van der Waals surface area contributed by atoms with Crippen molar-refractivity contribution in [3.63, 3.8) is 0 Å². The van der Waals surface area contributed by atoms with Crippen LogP contribution in [0.5, 0.6) is 0 Å². The Kier molecular flexibility index (Phi) is 23.5. The molecule has 2 heterocycles. The number of hydrogen-bond acceptors (Lipinski definition) is 13. The van der Waals surface area contributed by atoms with E-state index in [1.807, 2.05) is 41.5 Å². The number of amides is 4. The molecule has 2 aromatic carbocycles.